The van der Waals surface area contributed by atoms with Gasteiger partial charge in [-0.05, 0) is 13.5 Å². The van der Waals surface area contributed by atoms with Crippen LogP contribution in [0.15, 0.2) is 12.4 Å². The molecule has 1 aromatic heterocycles. The molecule has 0 amide bonds. The minimum atomic E-state index is 0.258. The first-order valence-corrected chi connectivity index (χ1v) is 5.65. The van der Waals surface area contributed by atoms with Crippen LogP contribution in [-0.2, 0) is 6.54 Å². The SMILES string of the molecule is CNCc1cnc(N2CCC(CO)C2)nc1. The van der Waals surface area contributed by atoms with Crippen molar-refractivity contribution in [2.75, 3.05) is 31.6 Å². The van der Waals surface area contributed by atoms with Crippen LogP contribution < -0.4 is 10.2 Å². The number of anilines is 1. The van der Waals surface area contributed by atoms with E-state index in [1.807, 2.05) is 19.4 Å². The lowest BCUT2D eigenvalue weighted by Gasteiger charge is -2.15. The number of aliphatic hydroxyl groups is 1. The molecule has 2 rings (SSSR count). The summed E-state index contributed by atoms with van der Waals surface area (Å²) >= 11 is 0. The van der Waals surface area contributed by atoms with Gasteiger partial charge in [0.25, 0.3) is 0 Å². The average molecular weight is 222 g/mol. The highest BCUT2D eigenvalue weighted by atomic mass is 16.3. The number of aliphatic hydroxyl groups excluding tert-OH is 1. The van der Waals surface area contributed by atoms with Crippen molar-refractivity contribution in [2.45, 2.75) is 13.0 Å². The fourth-order valence-corrected chi connectivity index (χ4v) is 1.97. The van der Waals surface area contributed by atoms with Gasteiger partial charge in [-0.25, -0.2) is 9.97 Å². The van der Waals surface area contributed by atoms with Crippen molar-refractivity contribution in [1.29, 1.82) is 0 Å². The maximum Gasteiger partial charge on any atom is 0.225 e. The molecule has 5 nitrogen and oxygen atoms in total. The fourth-order valence-electron chi connectivity index (χ4n) is 1.97. The van der Waals surface area contributed by atoms with E-state index >= 15 is 0 Å². The Kier molecular flexibility index (Phi) is 3.69. The zero-order valence-electron chi connectivity index (χ0n) is 9.56. The zero-order valence-corrected chi connectivity index (χ0v) is 9.56. The van der Waals surface area contributed by atoms with Crippen molar-refractivity contribution < 1.29 is 5.11 Å². The smallest absolute Gasteiger partial charge is 0.225 e. The molecule has 1 aliphatic rings. The molecule has 1 aromatic rings. The minimum Gasteiger partial charge on any atom is -0.396 e. The van der Waals surface area contributed by atoms with E-state index < -0.39 is 0 Å². The molecule has 0 aliphatic carbocycles. The molecular formula is C11H18N4O. The van der Waals surface area contributed by atoms with Crippen LogP contribution in [0.3, 0.4) is 0 Å². The van der Waals surface area contributed by atoms with E-state index in [-0.39, 0.29) is 6.61 Å². The standard InChI is InChI=1S/C11H18N4O/c1-12-4-10-5-13-11(14-6-10)15-3-2-9(7-15)8-16/h5-6,9,12,16H,2-4,7-8H2,1H3. The third-order valence-corrected chi connectivity index (χ3v) is 2.90. The predicted molar refractivity (Wildman–Crippen MR) is 62.2 cm³/mol. The molecular weight excluding hydrogens is 204 g/mol. The number of nitrogens with zero attached hydrogens (tertiary/aromatic N) is 3. The van der Waals surface area contributed by atoms with E-state index in [1.54, 1.807) is 0 Å². The van der Waals surface area contributed by atoms with Gasteiger partial charge >= 0.3 is 0 Å². The first-order chi connectivity index (χ1) is 7.83. The lowest BCUT2D eigenvalue weighted by Crippen LogP contribution is -2.23. The molecule has 0 aromatic carbocycles. The Morgan fingerprint density at radius 2 is 2.25 bits per heavy atom. The van der Waals surface area contributed by atoms with Crippen LogP contribution in [0.2, 0.25) is 0 Å². The fraction of sp³-hybridized carbons (Fsp3) is 0.636. The van der Waals surface area contributed by atoms with Crippen LogP contribution in [0.1, 0.15) is 12.0 Å². The van der Waals surface area contributed by atoms with Gasteiger partial charge in [-0.2, -0.15) is 0 Å². The number of hydrogen-bond acceptors (Lipinski definition) is 5. The van der Waals surface area contributed by atoms with E-state index in [9.17, 15) is 0 Å². The predicted octanol–water partition coefficient (Wildman–Crippen LogP) is 0.0146. The summed E-state index contributed by atoms with van der Waals surface area (Å²) in [7, 11) is 1.90. The third kappa shape index (κ3) is 2.48. The molecule has 16 heavy (non-hydrogen) atoms. The van der Waals surface area contributed by atoms with Gasteiger partial charge in [0.2, 0.25) is 5.95 Å². The van der Waals surface area contributed by atoms with Gasteiger partial charge in [-0.3, -0.25) is 0 Å². The van der Waals surface area contributed by atoms with Crippen LogP contribution >= 0.6 is 0 Å². The van der Waals surface area contributed by atoms with Crippen molar-refractivity contribution in [1.82, 2.24) is 15.3 Å². The van der Waals surface area contributed by atoms with Crippen molar-refractivity contribution in [2.24, 2.45) is 5.92 Å². The van der Waals surface area contributed by atoms with Crippen molar-refractivity contribution in [3.05, 3.63) is 18.0 Å². The Bertz CT molecular complexity index is 327. The van der Waals surface area contributed by atoms with Crippen LogP contribution in [0.5, 0.6) is 0 Å². The molecule has 1 fully saturated rings. The number of rotatable bonds is 4. The van der Waals surface area contributed by atoms with Crippen LogP contribution in [0.4, 0.5) is 5.95 Å². The highest BCUT2D eigenvalue weighted by molar-refractivity contribution is 5.31. The van der Waals surface area contributed by atoms with E-state index in [4.69, 9.17) is 5.11 Å². The summed E-state index contributed by atoms with van der Waals surface area (Å²) in [5.74, 6) is 1.15. The molecule has 0 bridgehead atoms. The van der Waals surface area contributed by atoms with E-state index in [0.717, 1.165) is 37.6 Å². The summed E-state index contributed by atoms with van der Waals surface area (Å²) in [6.07, 6.45) is 4.73. The Hall–Kier alpha value is -1.20. The molecule has 2 N–H and O–H groups in total. The Morgan fingerprint density at radius 1 is 1.50 bits per heavy atom. The van der Waals surface area contributed by atoms with Gasteiger partial charge in [0.05, 0.1) is 0 Å². The first-order valence-electron chi connectivity index (χ1n) is 5.65. The highest BCUT2D eigenvalue weighted by Crippen LogP contribution is 2.19. The lowest BCUT2D eigenvalue weighted by molar-refractivity contribution is 0.238. The van der Waals surface area contributed by atoms with E-state index in [2.05, 4.69) is 20.2 Å². The molecule has 0 saturated carbocycles. The number of hydrogen-bond donors (Lipinski definition) is 2. The molecule has 0 spiro atoms. The van der Waals surface area contributed by atoms with Crippen molar-refractivity contribution in [3.8, 4) is 0 Å². The van der Waals surface area contributed by atoms with Crippen LogP contribution in [0.25, 0.3) is 0 Å². The molecule has 1 unspecified atom stereocenters. The van der Waals surface area contributed by atoms with Gasteiger partial charge in [-0.15, -0.1) is 0 Å². The molecule has 0 radical (unpaired) electrons. The summed E-state index contributed by atoms with van der Waals surface area (Å²) in [5.41, 5.74) is 1.09. The Morgan fingerprint density at radius 3 is 2.81 bits per heavy atom. The summed E-state index contributed by atoms with van der Waals surface area (Å²) in [6, 6.07) is 0. The average Bonchev–Trinajstić information content (AvgIpc) is 2.79. The zero-order chi connectivity index (χ0) is 11.4. The maximum absolute atomic E-state index is 9.07. The monoisotopic (exact) mass is 222 g/mol. The van der Waals surface area contributed by atoms with Gasteiger partial charge in [-0.1, -0.05) is 0 Å². The molecule has 1 saturated heterocycles. The molecule has 88 valence electrons. The van der Waals surface area contributed by atoms with Gasteiger partial charge in [0, 0.05) is 50.1 Å². The van der Waals surface area contributed by atoms with Crippen molar-refractivity contribution in [3.63, 3.8) is 0 Å². The molecule has 1 aliphatic heterocycles. The van der Waals surface area contributed by atoms with Gasteiger partial charge in [0.1, 0.15) is 0 Å². The third-order valence-electron chi connectivity index (χ3n) is 2.90. The summed E-state index contributed by atoms with van der Waals surface area (Å²) in [4.78, 5) is 10.8. The van der Waals surface area contributed by atoms with E-state index in [1.165, 1.54) is 0 Å². The summed E-state index contributed by atoms with van der Waals surface area (Å²) in [5, 5.41) is 12.1. The Balaban J connectivity index is 1.99. The van der Waals surface area contributed by atoms with Crippen LogP contribution in [0, 0.1) is 5.92 Å². The molecule has 5 heteroatoms. The van der Waals surface area contributed by atoms with E-state index in [0.29, 0.717) is 5.92 Å². The second-order valence-corrected chi connectivity index (χ2v) is 4.20. The Labute approximate surface area is 95.5 Å². The number of nitrogens with one attached hydrogen (secondary N) is 1. The molecule has 2 heterocycles. The van der Waals surface area contributed by atoms with Crippen LogP contribution in [-0.4, -0.2) is 41.8 Å². The summed E-state index contributed by atoms with van der Waals surface area (Å²) in [6.45, 7) is 2.85. The largest absolute Gasteiger partial charge is 0.396 e. The molecule has 1 atom stereocenters. The minimum absolute atomic E-state index is 0.258. The second-order valence-electron chi connectivity index (χ2n) is 4.20. The maximum atomic E-state index is 9.07. The number of aromatic nitrogens is 2. The normalized spacial score (nSPS) is 20.4. The van der Waals surface area contributed by atoms with Crippen molar-refractivity contribution >= 4 is 5.95 Å². The lowest BCUT2D eigenvalue weighted by atomic mass is 10.1. The summed E-state index contributed by atoms with van der Waals surface area (Å²) < 4.78 is 0. The highest BCUT2D eigenvalue weighted by Gasteiger charge is 2.23. The second kappa shape index (κ2) is 5.23. The topological polar surface area (TPSA) is 61.3 Å². The van der Waals surface area contributed by atoms with Gasteiger partial charge in [0.15, 0.2) is 0 Å². The quantitative estimate of drug-likeness (QED) is 0.751. The first kappa shape index (κ1) is 11.3. The van der Waals surface area contributed by atoms with Gasteiger partial charge < -0.3 is 15.3 Å².